The zero-order chi connectivity index (χ0) is 66.2. The van der Waals surface area contributed by atoms with E-state index in [1.165, 1.54) is 46.4 Å². The van der Waals surface area contributed by atoms with E-state index in [0.29, 0.717) is 48.5 Å². The number of β-lactam (4-membered cyclic amide) rings is 2. The molecular weight excluding hydrogens is 1330 g/mol. The first-order valence-electron chi connectivity index (χ1n) is 27.4. The van der Waals surface area contributed by atoms with E-state index in [1.54, 1.807) is 58.3 Å². The number of amides is 8. The fourth-order valence-corrected chi connectivity index (χ4v) is 13.9. The number of rotatable bonds is 22. The van der Waals surface area contributed by atoms with Crippen molar-refractivity contribution in [1.29, 1.82) is 0 Å². The van der Waals surface area contributed by atoms with Crippen LogP contribution in [0.25, 0.3) is 0 Å². The summed E-state index contributed by atoms with van der Waals surface area (Å²) in [5.74, 6) is -9.81. The van der Waals surface area contributed by atoms with Gasteiger partial charge in [-0.25, -0.2) is 9.97 Å². The third kappa shape index (κ3) is 16.9. The number of thiazole rings is 2. The van der Waals surface area contributed by atoms with Crippen LogP contribution in [0, 0.1) is 0 Å². The first-order chi connectivity index (χ1) is 43.9. The monoisotopic (exact) mass is 1380 g/mol. The standard InChI is InChI=1S/2C28H27N7O9S2.2Na/c2*29-28-31-17(12-46-28)20(33-44)23(39)32-21-25(41)35-22(27(42)43)15(11-45-26(21)35)9-14-7-8-34(24(14)40)10-13-1-3-16(4-2-13)30-18(36)5-6-19(37)38;;/h2*1-4,9,12,21,26,44H,5-8,10-11H2,(H2,29,31)(H,30,36)(H,32,39)(H,37,38)(H,42,43);;/q;;2*+1/p-2/b2*14-9+,33-20-;;/t2*21-,26-;;/m11../s1. The van der Waals surface area contributed by atoms with Gasteiger partial charge in [0.2, 0.25) is 23.6 Å². The molecule has 32 nitrogen and oxygen atoms in total. The molecule has 0 spiro atoms. The van der Waals surface area contributed by atoms with Crippen molar-refractivity contribution in [3.8, 4) is 0 Å². The molecule has 2 aromatic carbocycles. The SMILES string of the molecule is Nc1nc(/C(=N/O)C(=O)N[C@@H]2C(=O)N3C(C(=O)[O-])=C(/C=C4\CCN(Cc5ccc(NC(=O)CCC(=O)O)cc5)C4=O)CS[C@H]23)cs1.Nc1nc(/C(=N/O)C(=O)N[C@@H]2C(=O)N3C(C(=O)[O-])=C(/C=C4\CCN(Cc5ccc(NC(=O)CCC(=O)O)cc5)C4=O)CS[C@H]23)cs1.[Na+].[Na+]. The molecule has 2 aromatic heterocycles. The zero-order valence-corrected chi connectivity index (χ0v) is 56.9. The summed E-state index contributed by atoms with van der Waals surface area (Å²) >= 11 is 4.42. The summed E-state index contributed by atoms with van der Waals surface area (Å²) in [6, 6.07) is 11.3. The molecule has 0 aliphatic carbocycles. The van der Waals surface area contributed by atoms with Gasteiger partial charge in [0.15, 0.2) is 21.7 Å². The van der Waals surface area contributed by atoms with Crippen LogP contribution in [0.2, 0.25) is 0 Å². The van der Waals surface area contributed by atoms with Gasteiger partial charge in [-0.3, -0.25) is 57.7 Å². The van der Waals surface area contributed by atoms with Gasteiger partial charge < -0.3 is 83.0 Å². The van der Waals surface area contributed by atoms with E-state index in [2.05, 4.69) is 41.5 Å². The smallest absolute Gasteiger partial charge is 0.543 e. The van der Waals surface area contributed by atoms with E-state index < -0.39 is 93.6 Å². The zero-order valence-electron chi connectivity index (χ0n) is 49.6. The molecule has 4 atom stereocenters. The molecule has 4 aromatic rings. The van der Waals surface area contributed by atoms with Crippen LogP contribution in [-0.4, -0.2) is 180 Å². The Balaban J connectivity index is 0.000000260. The number of nitrogens with two attached hydrogens (primary N) is 2. The predicted octanol–water partition coefficient (Wildman–Crippen LogP) is -7.05. The summed E-state index contributed by atoms with van der Waals surface area (Å²) in [4.78, 5) is 160. The Morgan fingerprint density at radius 3 is 1.26 bits per heavy atom. The normalized spacial score (nSPS) is 20.0. The number of carbonyl (C=O) groups is 12. The number of carbonyl (C=O) groups excluding carboxylic acids is 10. The maximum atomic E-state index is 13.2. The molecule has 38 heteroatoms. The van der Waals surface area contributed by atoms with E-state index in [9.17, 15) is 78.2 Å². The summed E-state index contributed by atoms with van der Waals surface area (Å²) in [6.45, 7) is 1.26. The van der Waals surface area contributed by atoms with E-state index in [-0.39, 0.29) is 165 Å². The van der Waals surface area contributed by atoms with Crippen molar-refractivity contribution in [2.24, 2.45) is 10.3 Å². The quantitative estimate of drug-likeness (QED) is 0.00873. The number of likely N-dealkylation sites (tertiary alicyclic amines) is 2. The third-order valence-corrected chi connectivity index (χ3v) is 18.5. The molecule has 12 N–H and O–H groups in total. The van der Waals surface area contributed by atoms with Crippen molar-refractivity contribution in [3.05, 3.63) is 128 Å². The minimum absolute atomic E-state index is 0. The van der Waals surface area contributed by atoms with Gasteiger partial charge in [-0.1, -0.05) is 34.6 Å². The summed E-state index contributed by atoms with van der Waals surface area (Å²) in [5.41, 5.74) is 13.2. The maximum Gasteiger partial charge on any atom is 1.00 e. The molecule has 8 heterocycles. The van der Waals surface area contributed by atoms with Crippen molar-refractivity contribution in [3.63, 3.8) is 0 Å². The van der Waals surface area contributed by atoms with Gasteiger partial charge in [0.1, 0.15) is 34.2 Å². The number of fused-ring (bicyclic) bond motifs is 2. The molecular formula is C56H52N14Na2O18S4. The molecule has 480 valence electrons. The van der Waals surface area contributed by atoms with Crippen molar-refractivity contribution in [2.45, 2.75) is 74.4 Å². The Hall–Kier alpha value is -8.46. The number of benzene rings is 2. The van der Waals surface area contributed by atoms with E-state index in [1.807, 2.05) is 0 Å². The second-order valence-electron chi connectivity index (χ2n) is 20.7. The molecule has 10 rings (SSSR count). The number of oxime groups is 2. The molecule has 4 saturated heterocycles. The molecule has 0 radical (unpaired) electrons. The Bertz CT molecular complexity index is 3700. The molecule has 6 aliphatic rings. The number of aliphatic carboxylic acids is 4. The van der Waals surface area contributed by atoms with Crippen molar-refractivity contribution < 1.29 is 147 Å². The van der Waals surface area contributed by atoms with Crippen molar-refractivity contribution in [1.82, 2.24) is 40.2 Å². The van der Waals surface area contributed by atoms with Crippen LogP contribution in [0.1, 0.15) is 61.0 Å². The fourth-order valence-electron chi connectivity index (χ4n) is 10.2. The fraction of sp³-hybridized carbons (Fsp3) is 0.286. The number of aromatic nitrogens is 2. The minimum atomic E-state index is -1.61. The predicted molar refractivity (Wildman–Crippen MR) is 324 cm³/mol. The van der Waals surface area contributed by atoms with Gasteiger partial charge in [0, 0.05) is 83.8 Å². The molecule has 6 aliphatic heterocycles. The maximum absolute atomic E-state index is 13.2. The average Bonchev–Trinajstić information content (AvgIpc) is 0.867. The summed E-state index contributed by atoms with van der Waals surface area (Å²) in [6.07, 6.45) is 2.74. The van der Waals surface area contributed by atoms with Crippen LogP contribution in [0.3, 0.4) is 0 Å². The molecule has 0 unspecified atom stereocenters. The largest absolute Gasteiger partial charge is 1.00 e. The minimum Gasteiger partial charge on any atom is -0.543 e. The Labute approximate surface area is 592 Å². The van der Waals surface area contributed by atoms with Crippen LogP contribution in [0.4, 0.5) is 21.6 Å². The van der Waals surface area contributed by atoms with Gasteiger partial charge in [0.25, 0.3) is 23.6 Å². The number of thioether (sulfide) groups is 2. The molecule has 0 saturated carbocycles. The number of carboxylic acid groups (broad SMARTS) is 4. The second-order valence-corrected chi connectivity index (χ2v) is 24.6. The number of anilines is 4. The first-order valence-corrected chi connectivity index (χ1v) is 31.3. The number of nitrogens with zero attached hydrogens (tertiary/aromatic N) is 8. The third-order valence-electron chi connectivity index (χ3n) is 14.6. The van der Waals surface area contributed by atoms with Crippen molar-refractivity contribution in [2.75, 3.05) is 46.7 Å². The summed E-state index contributed by atoms with van der Waals surface area (Å²) in [7, 11) is 0. The van der Waals surface area contributed by atoms with Gasteiger partial charge in [0.05, 0.1) is 36.2 Å². The van der Waals surface area contributed by atoms with Crippen LogP contribution in [0.5, 0.6) is 0 Å². The topological polar surface area (TPSA) is 495 Å². The van der Waals surface area contributed by atoms with Crippen LogP contribution < -0.4 is 102 Å². The van der Waals surface area contributed by atoms with Gasteiger partial charge >= 0.3 is 71.1 Å². The van der Waals surface area contributed by atoms with Crippen LogP contribution in [0.15, 0.2) is 115 Å². The number of hydrogen-bond acceptors (Lipinski definition) is 26. The first kappa shape index (κ1) is 73.0. The molecule has 8 amide bonds. The van der Waals surface area contributed by atoms with E-state index in [0.717, 1.165) is 43.6 Å². The summed E-state index contributed by atoms with van der Waals surface area (Å²) < 4.78 is 0. The Morgan fingerprint density at radius 2 is 0.947 bits per heavy atom. The Morgan fingerprint density at radius 1 is 0.585 bits per heavy atom. The second kappa shape index (κ2) is 32.1. The molecule has 94 heavy (non-hydrogen) atoms. The van der Waals surface area contributed by atoms with Crippen molar-refractivity contribution >= 4 is 150 Å². The van der Waals surface area contributed by atoms with Gasteiger partial charge in [-0.2, -0.15) is 0 Å². The van der Waals surface area contributed by atoms with Gasteiger partial charge in [-0.15, -0.1) is 46.2 Å². The number of carboxylic acids is 4. The van der Waals surface area contributed by atoms with E-state index >= 15 is 0 Å². The molecule has 4 fully saturated rings. The average molecular weight is 1380 g/mol. The summed E-state index contributed by atoms with van der Waals surface area (Å²) in [5, 5.41) is 78.0. The molecule has 0 bridgehead atoms. The van der Waals surface area contributed by atoms with Gasteiger partial charge in [-0.05, 0) is 71.5 Å². The number of nitrogens with one attached hydrogen (secondary N) is 4. The number of allylic oxidation sites excluding steroid dienone is 2. The Kier molecular flexibility index (Phi) is 24.9. The van der Waals surface area contributed by atoms with Crippen LogP contribution in [-0.2, 0) is 70.6 Å². The van der Waals surface area contributed by atoms with E-state index in [4.69, 9.17) is 21.7 Å². The number of nitrogen functional groups attached to an aromatic ring is 2. The number of hydrogen-bond donors (Lipinski definition) is 10. The van der Waals surface area contributed by atoms with Crippen LogP contribution >= 0.6 is 46.2 Å².